The van der Waals surface area contributed by atoms with E-state index in [2.05, 4.69) is 15.3 Å². The SMILES string of the molecule is Cl.Cn1c(=O)c2[nH]c(C3CCCCN3)nc2n(C)c1=O. The molecule has 20 heavy (non-hydrogen) atoms. The molecular formula is C12H18ClN5O2. The molecule has 0 aromatic carbocycles. The Balaban J connectivity index is 0.00000147. The molecule has 3 rings (SSSR count). The van der Waals surface area contributed by atoms with Crippen LogP contribution in [0.4, 0.5) is 0 Å². The summed E-state index contributed by atoms with van der Waals surface area (Å²) in [5, 5.41) is 3.37. The van der Waals surface area contributed by atoms with Crippen LogP contribution in [-0.2, 0) is 14.1 Å². The Morgan fingerprint density at radius 1 is 1.20 bits per heavy atom. The van der Waals surface area contributed by atoms with Crippen molar-refractivity contribution >= 4 is 23.6 Å². The van der Waals surface area contributed by atoms with Crippen LogP contribution in [0.5, 0.6) is 0 Å². The molecule has 1 aliphatic rings. The van der Waals surface area contributed by atoms with E-state index in [4.69, 9.17) is 0 Å². The lowest BCUT2D eigenvalue weighted by atomic mass is 10.0. The van der Waals surface area contributed by atoms with Gasteiger partial charge in [-0.3, -0.25) is 13.9 Å². The van der Waals surface area contributed by atoms with Gasteiger partial charge in [0.15, 0.2) is 5.65 Å². The maximum atomic E-state index is 12.1. The molecule has 0 bridgehead atoms. The first-order valence-corrected chi connectivity index (χ1v) is 6.48. The van der Waals surface area contributed by atoms with E-state index in [0.717, 1.165) is 36.2 Å². The molecule has 1 saturated heterocycles. The maximum absolute atomic E-state index is 12.1. The fourth-order valence-corrected chi connectivity index (χ4v) is 2.59. The summed E-state index contributed by atoms with van der Waals surface area (Å²) in [6.07, 6.45) is 3.30. The molecule has 0 radical (unpaired) electrons. The highest BCUT2D eigenvalue weighted by molar-refractivity contribution is 5.85. The van der Waals surface area contributed by atoms with E-state index in [1.54, 1.807) is 7.05 Å². The molecule has 1 atom stereocenters. The van der Waals surface area contributed by atoms with Crippen molar-refractivity contribution in [3.8, 4) is 0 Å². The van der Waals surface area contributed by atoms with Gasteiger partial charge in [0.1, 0.15) is 11.3 Å². The number of aromatic amines is 1. The monoisotopic (exact) mass is 299 g/mol. The number of hydrogen-bond acceptors (Lipinski definition) is 4. The lowest BCUT2D eigenvalue weighted by molar-refractivity contribution is 0.400. The van der Waals surface area contributed by atoms with Crippen molar-refractivity contribution in [2.45, 2.75) is 25.3 Å². The van der Waals surface area contributed by atoms with Crippen LogP contribution in [0.3, 0.4) is 0 Å². The molecule has 2 N–H and O–H groups in total. The summed E-state index contributed by atoms with van der Waals surface area (Å²) in [5.74, 6) is 0.744. The van der Waals surface area contributed by atoms with Gasteiger partial charge in [0.2, 0.25) is 0 Å². The number of aromatic nitrogens is 4. The summed E-state index contributed by atoms with van der Waals surface area (Å²) in [4.78, 5) is 31.4. The normalized spacial score (nSPS) is 19.0. The summed E-state index contributed by atoms with van der Waals surface area (Å²) in [7, 11) is 3.10. The average molecular weight is 300 g/mol. The number of aryl methyl sites for hydroxylation is 1. The van der Waals surface area contributed by atoms with Crippen LogP contribution < -0.4 is 16.6 Å². The van der Waals surface area contributed by atoms with Gasteiger partial charge in [-0.25, -0.2) is 9.78 Å². The third kappa shape index (κ3) is 2.16. The van der Waals surface area contributed by atoms with Crippen molar-refractivity contribution < 1.29 is 0 Å². The van der Waals surface area contributed by atoms with Gasteiger partial charge in [-0.15, -0.1) is 12.4 Å². The zero-order valence-electron chi connectivity index (χ0n) is 11.5. The number of halogens is 1. The van der Waals surface area contributed by atoms with Crippen molar-refractivity contribution in [3.63, 3.8) is 0 Å². The number of nitrogens with zero attached hydrogens (tertiary/aromatic N) is 3. The molecule has 7 nitrogen and oxygen atoms in total. The minimum Gasteiger partial charge on any atom is -0.335 e. The van der Waals surface area contributed by atoms with E-state index < -0.39 is 0 Å². The molecule has 0 amide bonds. The summed E-state index contributed by atoms with van der Waals surface area (Å²) in [6, 6.07) is 0.140. The number of piperidine rings is 1. The van der Waals surface area contributed by atoms with Crippen LogP contribution in [0.1, 0.15) is 31.1 Å². The van der Waals surface area contributed by atoms with Crippen LogP contribution in [0.25, 0.3) is 11.2 Å². The van der Waals surface area contributed by atoms with Gasteiger partial charge < -0.3 is 10.3 Å². The second-order valence-corrected chi connectivity index (χ2v) is 5.03. The van der Waals surface area contributed by atoms with Crippen molar-refractivity contribution in [3.05, 3.63) is 26.7 Å². The zero-order valence-corrected chi connectivity index (χ0v) is 12.3. The van der Waals surface area contributed by atoms with E-state index in [1.165, 1.54) is 11.6 Å². The second-order valence-electron chi connectivity index (χ2n) is 5.03. The highest BCUT2D eigenvalue weighted by Crippen LogP contribution is 2.21. The summed E-state index contributed by atoms with van der Waals surface area (Å²) in [5.41, 5.74) is 0.141. The van der Waals surface area contributed by atoms with Crippen LogP contribution >= 0.6 is 12.4 Å². The van der Waals surface area contributed by atoms with Gasteiger partial charge in [0, 0.05) is 14.1 Å². The van der Waals surface area contributed by atoms with E-state index in [1.807, 2.05) is 0 Å². The first-order valence-electron chi connectivity index (χ1n) is 6.48. The van der Waals surface area contributed by atoms with Gasteiger partial charge in [-0.05, 0) is 19.4 Å². The number of hydrogen-bond donors (Lipinski definition) is 2. The summed E-state index contributed by atoms with van der Waals surface area (Å²) < 4.78 is 2.50. The molecule has 0 spiro atoms. The molecule has 2 aromatic rings. The minimum atomic E-state index is -0.354. The number of fused-ring (bicyclic) bond motifs is 1. The predicted molar refractivity (Wildman–Crippen MR) is 78.4 cm³/mol. The van der Waals surface area contributed by atoms with E-state index in [-0.39, 0.29) is 29.7 Å². The number of imidazole rings is 1. The molecule has 0 saturated carbocycles. The topological polar surface area (TPSA) is 84.7 Å². The smallest absolute Gasteiger partial charge is 0.332 e. The Morgan fingerprint density at radius 3 is 2.60 bits per heavy atom. The van der Waals surface area contributed by atoms with Crippen molar-refractivity contribution in [2.24, 2.45) is 14.1 Å². The first-order chi connectivity index (χ1) is 9.09. The molecule has 1 fully saturated rings. The van der Waals surface area contributed by atoms with Crippen LogP contribution in [0.2, 0.25) is 0 Å². The quantitative estimate of drug-likeness (QED) is 0.787. The maximum Gasteiger partial charge on any atom is 0.332 e. The Kier molecular flexibility index (Phi) is 4.01. The highest BCUT2D eigenvalue weighted by atomic mass is 35.5. The summed E-state index contributed by atoms with van der Waals surface area (Å²) in [6.45, 7) is 0.957. The summed E-state index contributed by atoms with van der Waals surface area (Å²) >= 11 is 0. The van der Waals surface area contributed by atoms with Crippen LogP contribution in [0, 0.1) is 0 Å². The number of nitrogens with one attached hydrogen (secondary N) is 2. The second kappa shape index (κ2) is 5.41. The Morgan fingerprint density at radius 2 is 1.95 bits per heavy atom. The van der Waals surface area contributed by atoms with E-state index in [0.29, 0.717) is 11.2 Å². The molecule has 3 heterocycles. The molecule has 1 unspecified atom stereocenters. The largest absolute Gasteiger partial charge is 0.335 e. The van der Waals surface area contributed by atoms with Crippen molar-refractivity contribution in [1.29, 1.82) is 0 Å². The Hall–Kier alpha value is -1.60. The van der Waals surface area contributed by atoms with Gasteiger partial charge in [-0.1, -0.05) is 6.42 Å². The molecular weight excluding hydrogens is 282 g/mol. The molecule has 8 heteroatoms. The predicted octanol–water partition coefficient (Wildman–Crippen LogP) is 0.197. The minimum absolute atomic E-state index is 0. The van der Waals surface area contributed by atoms with E-state index >= 15 is 0 Å². The third-order valence-corrected chi connectivity index (χ3v) is 3.75. The average Bonchev–Trinajstić information content (AvgIpc) is 2.89. The molecule has 110 valence electrons. The fraction of sp³-hybridized carbons (Fsp3) is 0.583. The van der Waals surface area contributed by atoms with Crippen LogP contribution in [0.15, 0.2) is 9.59 Å². The molecule has 1 aliphatic heterocycles. The van der Waals surface area contributed by atoms with Crippen molar-refractivity contribution in [1.82, 2.24) is 24.4 Å². The number of rotatable bonds is 1. The third-order valence-electron chi connectivity index (χ3n) is 3.75. The van der Waals surface area contributed by atoms with Gasteiger partial charge in [-0.2, -0.15) is 0 Å². The standard InChI is InChI=1S/C12H17N5O2.ClH/c1-16-10-8(11(18)17(2)12(16)19)14-9(15-10)7-5-3-4-6-13-7;/h7,13H,3-6H2,1-2H3,(H,14,15);1H. The molecule has 0 aliphatic carbocycles. The van der Waals surface area contributed by atoms with Gasteiger partial charge in [0.05, 0.1) is 6.04 Å². The Labute approximate surface area is 121 Å². The Bertz CT molecular complexity index is 739. The number of H-pyrrole nitrogens is 1. The molecule has 2 aromatic heterocycles. The van der Waals surface area contributed by atoms with Crippen molar-refractivity contribution in [2.75, 3.05) is 6.54 Å². The zero-order chi connectivity index (χ0) is 13.6. The highest BCUT2D eigenvalue weighted by Gasteiger charge is 2.20. The lowest BCUT2D eigenvalue weighted by Crippen LogP contribution is -2.36. The fourth-order valence-electron chi connectivity index (χ4n) is 2.59. The van der Waals surface area contributed by atoms with Gasteiger partial charge >= 0.3 is 5.69 Å². The lowest BCUT2D eigenvalue weighted by Gasteiger charge is -2.21. The van der Waals surface area contributed by atoms with E-state index in [9.17, 15) is 9.59 Å². The van der Waals surface area contributed by atoms with Crippen LogP contribution in [-0.4, -0.2) is 25.6 Å². The first kappa shape index (κ1) is 14.8. The van der Waals surface area contributed by atoms with Gasteiger partial charge in [0.25, 0.3) is 5.56 Å².